The molecule has 0 aromatic rings. The Hall–Kier alpha value is -0.120. The summed E-state index contributed by atoms with van der Waals surface area (Å²) < 4.78 is 17.2. The van der Waals surface area contributed by atoms with Crippen molar-refractivity contribution in [1.29, 1.82) is 0 Å². The predicted octanol–water partition coefficient (Wildman–Crippen LogP) is 5.24. The zero-order chi connectivity index (χ0) is 16.6. The normalized spacial score (nSPS) is 27.3. The smallest absolute Gasteiger partial charge is 0.285 e. The maximum atomic E-state index is 5.73. The second kappa shape index (κ2) is 9.89. The van der Waals surface area contributed by atoms with Crippen LogP contribution in [0.25, 0.3) is 0 Å². The van der Waals surface area contributed by atoms with Gasteiger partial charge in [0.25, 0.3) is 5.97 Å². The van der Waals surface area contributed by atoms with E-state index in [0.717, 1.165) is 12.3 Å². The Morgan fingerprint density at radius 3 is 1.95 bits per heavy atom. The number of hydrogen-bond donors (Lipinski definition) is 0. The highest BCUT2D eigenvalue weighted by atomic mass is 16.9. The fourth-order valence-corrected chi connectivity index (χ4v) is 4.30. The first-order chi connectivity index (χ1) is 10.6. The molecular weight excluding hydrogens is 276 g/mol. The van der Waals surface area contributed by atoms with E-state index in [1.807, 2.05) is 0 Å². The van der Waals surface area contributed by atoms with Gasteiger partial charge in [-0.15, -0.1) is 0 Å². The minimum atomic E-state index is -0.881. The molecule has 1 saturated carbocycles. The number of hydrogen-bond acceptors (Lipinski definition) is 3. The van der Waals surface area contributed by atoms with Crippen LogP contribution in [-0.4, -0.2) is 27.3 Å². The van der Waals surface area contributed by atoms with Gasteiger partial charge in [0.1, 0.15) is 0 Å². The topological polar surface area (TPSA) is 27.7 Å². The molecule has 3 heteroatoms. The van der Waals surface area contributed by atoms with E-state index in [2.05, 4.69) is 20.8 Å². The molecule has 0 bridgehead atoms. The minimum Gasteiger partial charge on any atom is -0.331 e. The quantitative estimate of drug-likeness (QED) is 0.385. The standard InChI is InChI=1S/C19H38O3/c1-7-8-9-10-11-12-18(19(20-4,21-5)22-6)17-14-13-15(2)16(17)3/h15-18H,7-14H2,1-6H3. The van der Waals surface area contributed by atoms with Crippen molar-refractivity contribution in [1.82, 2.24) is 0 Å². The third-order valence-corrected chi connectivity index (χ3v) is 5.97. The average Bonchev–Trinajstić information content (AvgIpc) is 2.86. The van der Waals surface area contributed by atoms with Crippen LogP contribution in [-0.2, 0) is 14.2 Å². The Morgan fingerprint density at radius 2 is 1.50 bits per heavy atom. The number of ether oxygens (including phenoxy) is 3. The van der Waals surface area contributed by atoms with Gasteiger partial charge in [0, 0.05) is 27.2 Å². The minimum absolute atomic E-state index is 0.314. The van der Waals surface area contributed by atoms with Gasteiger partial charge in [0.2, 0.25) is 0 Å². The zero-order valence-electron chi connectivity index (χ0n) is 15.7. The van der Waals surface area contributed by atoms with E-state index < -0.39 is 5.97 Å². The van der Waals surface area contributed by atoms with E-state index in [1.165, 1.54) is 44.9 Å². The van der Waals surface area contributed by atoms with Crippen molar-refractivity contribution in [2.75, 3.05) is 21.3 Å². The van der Waals surface area contributed by atoms with E-state index in [0.29, 0.717) is 17.8 Å². The lowest BCUT2D eigenvalue weighted by Crippen LogP contribution is -2.48. The Balaban J connectivity index is 2.76. The van der Waals surface area contributed by atoms with Crippen molar-refractivity contribution in [3.63, 3.8) is 0 Å². The average molecular weight is 315 g/mol. The van der Waals surface area contributed by atoms with Gasteiger partial charge in [-0.1, -0.05) is 59.3 Å². The van der Waals surface area contributed by atoms with E-state index in [1.54, 1.807) is 21.3 Å². The molecule has 0 aromatic heterocycles. The van der Waals surface area contributed by atoms with E-state index in [9.17, 15) is 0 Å². The van der Waals surface area contributed by atoms with Gasteiger partial charge in [-0.2, -0.15) is 0 Å². The molecule has 3 nitrogen and oxygen atoms in total. The molecule has 0 radical (unpaired) electrons. The second-order valence-corrected chi connectivity index (χ2v) is 7.10. The molecule has 4 atom stereocenters. The summed E-state index contributed by atoms with van der Waals surface area (Å²) in [6.07, 6.45) is 10.2. The molecule has 1 aliphatic rings. The van der Waals surface area contributed by atoms with Crippen LogP contribution in [0.1, 0.15) is 72.1 Å². The van der Waals surface area contributed by atoms with Crippen LogP contribution in [0.5, 0.6) is 0 Å². The van der Waals surface area contributed by atoms with E-state index in [4.69, 9.17) is 14.2 Å². The molecule has 0 aliphatic heterocycles. The fraction of sp³-hybridized carbons (Fsp3) is 1.00. The Morgan fingerprint density at radius 1 is 0.909 bits per heavy atom. The molecule has 22 heavy (non-hydrogen) atoms. The van der Waals surface area contributed by atoms with Gasteiger partial charge in [-0.25, -0.2) is 0 Å². The third-order valence-electron chi connectivity index (χ3n) is 5.97. The van der Waals surface area contributed by atoms with Crippen molar-refractivity contribution in [3.8, 4) is 0 Å². The van der Waals surface area contributed by atoms with Gasteiger partial charge in [0.15, 0.2) is 0 Å². The van der Waals surface area contributed by atoms with Crippen LogP contribution in [0.15, 0.2) is 0 Å². The highest BCUT2D eigenvalue weighted by Gasteiger charge is 2.48. The first kappa shape index (κ1) is 19.9. The molecule has 0 saturated heterocycles. The lowest BCUT2D eigenvalue weighted by Gasteiger charge is -2.41. The summed E-state index contributed by atoms with van der Waals surface area (Å²) in [4.78, 5) is 0. The summed E-state index contributed by atoms with van der Waals surface area (Å²) in [6, 6.07) is 0. The lowest BCUT2D eigenvalue weighted by molar-refractivity contribution is -0.387. The van der Waals surface area contributed by atoms with Crippen molar-refractivity contribution in [2.45, 2.75) is 78.1 Å². The van der Waals surface area contributed by atoms with Crippen LogP contribution in [0.4, 0.5) is 0 Å². The van der Waals surface area contributed by atoms with Crippen molar-refractivity contribution >= 4 is 0 Å². The maximum absolute atomic E-state index is 5.73. The lowest BCUT2D eigenvalue weighted by atomic mass is 9.78. The SMILES string of the molecule is CCCCCCCC(C1CCC(C)C1C)C(OC)(OC)OC. The van der Waals surface area contributed by atoms with Crippen molar-refractivity contribution < 1.29 is 14.2 Å². The van der Waals surface area contributed by atoms with Crippen LogP contribution in [0, 0.1) is 23.7 Å². The monoisotopic (exact) mass is 314 g/mol. The van der Waals surface area contributed by atoms with Crippen LogP contribution < -0.4 is 0 Å². The maximum Gasteiger partial charge on any atom is 0.285 e. The summed E-state index contributed by atoms with van der Waals surface area (Å²) in [7, 11) is 5.13. The summed E-state index contributed by atoms with van der Waals surface area (Å²) in [6.45, 7) is 7.02. The number of unbranched alkanes of at least 4 members (excludes halogenated alkanes) is 4. The molecule has 1 fully saturated rings. The number of rotatable bonds is 11. The van der Waals surface area contributed by atoms with Gasteiger partial charge in [-0.3, -0.25) is 0 Å². The van der Waals surface area contributed by atoms with Crippen molar-refractivity contribution in [3.05, 3.63) is 0 Å². The van der Waals surface area contributed by atoms with Gasteiger partial charge >= 0.3 is 0 Å². The first-order valence-electron chi connectivity index (χ1n) is 9.21. The molecule has 1 aliphatic carbocycles. The molecule has 4 unspecified atom stereocenters. The summed E-state index contributed by atoms with van der Waals surface area (Å²) in [5.74, 6) is 1.56. The van der Waals surface area contributed by atoms with Crippen molar-refractivity contribution in [2.24, 2.45) is 23.7 Å². The molecule has 0 N–H and O–H groups in total. The second-order valence-electron chi connectivity index (χ2n) is 7.10. The predicted molar refractivity (Wildman–Crippen MR) is 91.7 cm³/mol. The van der Waals surface area contributed by atoms with Gasteiger partial charge in [-0.05, 0) is 30.6 Å². The molecule has 1 rings (SSSR count). The summed E-state index contributed by atoms with van der Waals surface area (Å²) in [5, 5.41) is 0. The van der Waals surface area contributed by atoms with Gasteiger partial charge < -0.3 is 14.2 Å². The summed E-state index contributed by atoms with van der Waals surface area (Å²) >= 11 is 0. The molecule has 0 spiro atoms. The van der Waals surface area contributed by atoms with E-state index >= 15 is 0 Å². The fourth-order valence-electron chi connectivity index (χ4n) is 4.30. The Labute approximate surface area is 138 Å². The molecule has 0 amide bonds. The summed E-state index contributed by atoms with van der Waals surface area (Å²) in [5.41, 5.74) is 0. The van der Waals surface area contributed by atoms with Crippen LogP contribution in [0.3, 0.4) is 0 Å². The molecule has 132 valence electrons. The van der Waals surface area contributed by atoms with Gasteiger partial charge in [0.05, 0.1) is 0 Å². The zero-order valence-corrected chi connectivity index (χ0v) is 15.7. The first-order valence-corrected chi connectivity index (χ1v) is 9.21. The molecule has 0 aromatic carbocycles. The van der Waals surface area contributed by atoms with Crippen LogP contribution in [0.2, 0.25) is 0 Å². The highest BCUT2D eigenvalue weighted by molar-refractivity contribution is 4.88. The Bertz CT molecular complexity index is 280. The largest absolute Gasteiger partial charge is 0.331 e. The molecule has 0 heterocycles. The molecular formula is C19H38O3. The Kier molecular flexibility index (Phi) is 8.96. The third kappa shape index (κ3) is 4.69. The van der Waals surface area contributed by atoms with Crippen LogP contribution >= 0.6 is 0 Å². The van der Waals surface area contributed by atoms with E-state index in [-0.39, 0.29) is 0 Å². The highest BCUT2D eigenvalue weighted by Crippen LogP contribution is 2.47. The number of methoxy groups -OCH3 is 3.